The van der Waals surface area contributed by atoms with E-state index < -0.39 is 0 Å². The molecule has 30 heavy (non-hydrogen) atoms. The number of hydrogen-bond acceptors (Lipinski definition) is 5. The van der Waals surface area contributed by atoms with Crippen LogP contribution in [0.4, 0.5) is 0 Å². The summed E-state index contributed by atoms with van der Waals surface area (Å²) in [7, 11) is 4.97. The number of piperidine rings is 1. The van der Waals surface area contributed by atoms with Gasteiger partial charge in [-0.15, -0.1) is 0 Å². The number of benzene rings is 2. The summed E-state index contributed by atoms with van der Waals surface area (Å²) in [6.45, 7) is 3.02. The first-order valence-electron chi connectivity index (χ1n) is 10.8. The van der Waals surface area contributed by atoms with Gasteiger partial charge in [0.1, 0.15) is 5.75 Å². The van der Waals surface area contributed by atoms with E-state index >= 15 is 0 Å². The third-order valence-electron chi connectivity index (χ3n) is 6.45. The topological polar surface area (TPSA) is 51.2 Å². The lowest BCUT2D eigenvalue weighted by Crippen LogP contribution is -2.41. The number of likely N-dealkylation sites (tertiary alicyclic amines) is 1. The number of aliphatic hydroxyl groups is 1. The number of aryl methyl sites for hydroxylation is 1. The highest BCUT2D eigenvalue weighted by Gasteiger charge is 2.33. The summed E-state index contributed by atoms with van der Waals surface area (Å²) >= 11 is 0. The fourth-order valence-electron chi connectivity index (χ4n) is 4.44. The first kappa shape index (κ1) is 22.4. The summed E-state index contributed by atoms with van der Waals surface area (Å²) in [6, 6.07) is 14.5. The Morgan fingerprint density at radius 1 is 0.900 bits per heavy atom. The Bertz CT molecular complexity index is 785. The van der Waals surface area contributed by atoms with E-state index in [1.807, 2.05) is 12.1 Å². The Morgan fingerprint density at radius 2 is 1.53 bits per heavy atom. The third kappa shape index (κ3) is 5.46. The molecule has 3 rings (SSSR count). The third-order valence-corrected chi connectivity index (χ3v) is 6.45. The Balaban J connectivity index is 1.57. The molecule has 1 N–H and O–H groups in total. The zero-order valence-electron chi connectivity index (χ0n) is 18.5. The molecule has 0 radical (unpaired) electrons. The summed E-state index contributed by atoms with van der Waals surface area (Å²) in [5, 5.41) is 10.2. The van der Waals surface area contributed by atoms with Gasteiger partial charge in [-0.1, -0.05) is 30.3 Å². The maximum absolute atomic E-state index is 10.2. The summed E-state index contributed by atoms with van der Waals surface area (Å²) in [6.07, 6.45) is 5.32. The van der Waals surface area contributed by atoms with E-state index in [2.05, 4.69) is 35.2 Å². The normalized spacial score (nSPS) is 16.3. The highest BCUT2D eigenvalue weighted by Crippen LogP contribution is 2.39. The minimum Gasteiger partial charge on any atom is -0.496 e. The predicted molar refractivity (Wildman–Crippen MR) is 120 cm³/mol. The van der Waals surface area contributed by atoms with Crippen LogP contribution in [0.1, 0.15) is 36.8 Å². The molecule has 164 valence electrons. The second-order valence-corrected chi connectivity index (χ2v) is 8.29. The van der Waals surface area contributed by atoms with Crippen LogP contribution >= 0.6 is 0 Å². The van der Waals surface area contributed by atoms with Gasteiger partial charge in [0, 0.05) is 24.8 Å². The molecule has 0 unspecified atom stereocenters. The van der Waals surface area contributed by atoms with Gasteiger partial charge in [-0.3, -0.25) is 4.90 Å². The first-order chi connectivity index (χ1) is 14.6. The molecule has 2 aromatic carbocycles. The smallest absolute Gasteiger partial charge is 0.164 e. The fraction of sp³-hybridized carbons (Fsp3) is 0.520. The Kier molecular flexibility index (Phi) is 8.00. The van der Waals surface area contributed by atoms with Crippen molar-refractivity contribution in [2.75, 3.05) is 41.0 Å². The number of rotatable bonds is 10. The van der Waals surface area contributed by atoms with Crippen LogP contribution in [0.5, 0.6) is 17.2 Å². The van der Waals surface area contributed by atoms with Gasteiger partial charge in [-0.2, -0.15) is 0 Å². The Morgan fingerprint density at radius 3 is 2.13 bits per heavy atom. The molecular formula is C25H35NO4. The molecule has 1 saturated heterocycles. The van der Waals surface area contributed by atoms with E-state index in [-0.39, 0.29) is 12.0 Å². The van der Waals surface area contributed by atoms with Gasteiger partial charge in [-0.05, 0) is 62.2 Å². The summed E-state index contributed by atoms with van der Waals surface area (Å²) < 4.78 is 16.4. The lowest BCUT2D eigenvalue weighted by Gasteiger charge is -2.41. The number of aliphatic hydroxyl groups excluding tert-OH is 1. The molecule has 1 fully saturated rings. The molecule has 1 heterocycles. The van der Waals surface area contributed by atoms with E-state index in [1.165, 1.54) is 5.56 Å². The van der Waals surface area contributed by atoms with E-state index in [9.17, 15) is 5.11 Å². The van der Waals surface area contributed by atoms with Crippen molar-refractivity contribution in [1.82, 2.24) is 4.90 Å². The summed E-state index contributed by atoms with van der Waals surface area (Å²) in [5.74, 6) is 2.21. The number of methoxy groups -OCH3 is 3. The molecule has 0 aromatic heterocycles. The average molecular weight is 414 g/mol. The van der Waals surface area contributed by atoms with Crippen molar-refractivity contribution in [3.63, 3.8) is 0 Å². The molecule has 0 saturated carbocycles. The van der Waals surface area contributed by atoms with Gasteiger partial charge in [0.15, 0.2) is 11.5 Å². The van der Waals surface area contributed by atoms with Crippen LogP contribution in [0.25, 0.3) is 0 Å². The molecule has 0 atom stereocenters. The molecule has 1 aliphatic heterocycles. The molecule has 0 bridgehead atoms. The quantitative estimate of drug-likeness (QED) is 0.629. The van der Waals surface area contributed by atoms with Crippen LogP contribution in [0, 0.1) is 5.41 Å². The highest BCUT2D eigenvalue weighted by atomic mass is 16.5. The van der Waals surface area contributed by atoms with E-state index in [0.717, 1.165) is 68.8 Å². The second kappa shape index (κ2) is 10.7. The first-order valence-corrected chi connectivity index (χ1v) is 10.8. The highest BCUT2D eigenvalue weighted by molar-refractivity contribution is 5.50. The molecule has 0 amide bonds. The zero-order valence-corrected chi connectivity index (χ0v) is 18.5. The van der Waals surface area contributed by atoms with Crippen molar-refractivity contribution in [2.24, 2.45) is 5.41 Å². The largest absolute Gasteiger partial charge is 0.496 e. The predicted octanol–water partition coefficient (Wildman–Crippen LogP) is 4.31. The van der Waals surface area contributed by atoms with Crippen molar-refractivity contribution in [2.45, 2.75) is 38.6 Å². The van der Waals surface area contributed by atoms with Crippen LogP contribution < -0.4 is 14.2 Å². The summed E-state index contributed by atoms with van der Waals surface area (Å²) in [4.78, 5) is 2.44. The van der Waals surface area contributed by atoms with Gasteiger partial charge < -0.3 is 19.3 Å². The minimum atomic E-state index is 0.0486. The monoisotopic (exact) mass is 413 g/mol. The van der Waals surface area contributed by atoms with Crippen molar-refractivity contribution in [3.05, 3.63) is 53.6 Å². The molecule has 5 nitrogen and oxygen atoms in total. The van der Waals surface area contributed by atoms with Crippen molar-refractivity contribution in [3.8, 4) is 17.2 Å². The SMILES string of the molecule is COc1cc(OC)c(OC)cc1CN1CCC(CO)(CCCc2ccccc2)CC1. The Labute approximate surface area is 180 Å². The lowest BCUT2D eigenvalue weighted by molar-refractivity contribution is 0.0327. The van der Waals surface area contributed by atoms with Crippen molar-refractivity contribution in [1.29, 1.82) is 0 Å². The maximum atomic E-state index is 10.2. The van der Waals surface area contributed by atoms with Crippen LogP contribution in [-0.2, 0) is 13.0 Å². The van der Waals surface area contributed by atoms with Crippen LogP contribution in [-0.4, -0.2) is 51.0 Å². The molecule has 0 spiro atoms. The lowest BCUT2D eigenvalue weighted by atomic mass is 9.75. The summed E-state index contributed by atoms with van der Waals surface area (Å²) in [5.41, 5.74) is 2.52. The fourth-order valence-corrected chi connectivity index (χ4v) is 4.44. The van der Waals surface area contributed by atoms with Gasteiger partial charge in [0.05, 0.1) is 21.3 Å². The van der Waals surface area contributed by atoms with Crippen LogP contribution in [0.15, 0.2) is 42.5 Å². The van der Waals surface area contributed by atoms with E-state index in [4.69, 9.17) is 14.2 Å². The zero-order chi connectivity index (χ0) is 21.4. The molecule has 0 aliphatic carbocycles. The number of hydrogen-bond donors (Lipinski definition) is 1. The standard InChI is InChI=1S/C25H35NO4/c1-28-22-17-24(30-3)23(29-2)16-21(22)18-26-14-12-25(19-27,13-15-26)11-7-10-20-8-5-4-6-9-20/h4-6,8-9,16-17,27H,7,10-15,18-19H2,1-3H3. The van der Waals surface area contributed by atoms with Gasteiger partial charge in [0.2, 0.25) is 0 Å². The minimum absolute atomic E-state index is 0.0486. The maximum Gasteiger partial charge on any atom is 0.164 e. The van der Waals surface area contributed by atoms with Gasteiger partial charge >= 0.3 is 0 Å². The van der Waals surface area contributed by atoms with E-state index in [0.29, 0.717) is 5.75 Å². The number of nitrogens with zero attached hydrogens (tertiary/aromatic N) is 1. The van der Waals surface area contributed by atoms with Crippen LogP contribution in [0.2, 0.25) is 0 Å². The molecule has 5 heteroatoms. The second-order valence-electron chi connectivity index (χ2n) is 8.29. The van der Waals surface area contributed by atoms with Crippen molar-refractivity contribution >= 4 is 0 Å². The van der Waals surface area contributed by atoms with Gasteiger partial charge in [0.25, 0.3) is 0 Å². The van der Waals surface area contributed by atoms with E-state index in [1.54, 1.807) is 21.3 Å². The molecule has 2 aromatic rings. The van der Waals surface area contributed by atoms with Gasteiger partial charge in [-0.25, -0.2) is 0 Å². The number of ether oxygens (including phenoxy) is 3. The van der Waals surface area contributed by atoms with Crippen LogP contribution in [0.3, 0.4) is 0 Å². The molecule has 1 aliphatic rings. The molecular weight excluding hydrogens is 378 g/mol. The average Bonchev–Trinajstić information content (AvgIpc) is 2.80. The Hall–Kier alpha value is -2.24. The van der Waals surface area contributed by atoms with Crippen molar-refractivity contribution < 1.29 is 19.3 Å².